The van der Waals surface area contributed by atoms with Gasteiger partial charge in [-0.25, -0.2) is 13.2 Å². The highest BCUT2D eigenvalue weighted by Crippen LogP contribution is 2.29. The normalized spacial score (nSPS) is 22.7. The fourth-order valence-electron chi connectivity index (χ4n) is 6.30. The van der Waals surface area contributed by atoms with Gasteiger partial charge in [-0.3, -0.25) is 4.79 Å². The Bertz CT molecular complexity index is 1460. The van der Waals surface area contributed by atoms with Crippen LogP contribution in [0.2, 0.25) is 0 Å². The van der Waals surface area contributed by atoms with Gasteiger partial charge < -0.3 is 30.1 Å². The molecule has 0 unspecified atom stereocenters. The van der Waals surface area contributed by atoms with Gasteiger partial charge in [-0.05, 0) is 83.2 Å². The molecule has 1 aliphatic heterocycles. The highest BCUT2D eigenvalue weighted by Gasteiger charge is 2.32. The SMILES string of the molecule is Cc1ccc(S(=O)(=O)N(C)C[C@@H]2OCCCC[C@H](C)Oc3ccc(NC(=O)NC4CCCCC4)cc3C(=O)N([C@H](C)CO)C[C@H]2C)cc1. The van der Waals surface area contributed by atoms with Crippen molar-refractivity contribution in [3.8, 4) is 5.75 Å². The number of nitrogens with one attached hydrogen (secondary N) is 2. The van der Waals surface area contributed by atoms with Gasteiger partial charge in [-0.1, -0.05) is 43.9 Å². The third-order valence-corrected chi connectivity index (χ3v) is 11.3. The second-order valence-corrected chi connectivity index (χ2v) is 15.6. The van der Waals surface area contributed by atoms with Gasteiger partial charge in [-0.2, -0.15) is 4.31 Å². The molecule has 1 aliphatic carbocycles. The fourth-order valence-corrected chi connectivity index (χ4v) is 7.49. The maximum absolute atomic E-state index is 14.4. The second kappa shape index (κ2) is 17.5. The van der Waals surface area contributed by atoms with Gasteiger partial charge in [0.25, 0.3) is 5.91 Å². The van der Waals surface area contributed by atoms with Crippen LogP contribution in [0.5, 0.6) is 5.75 Å². The Kier molecular flexibility index (Phi) is 13.7. The molecular weight excluding hydrogens is 632 g/mol. The minimum absolute atomic E-state index is 0.0905. The first-order chi connectivity index (χ1) is 22.9. The molecule has 2 aromatic rings. The number of hydrogen-bond acceptors (Lipinski definition) is 7. The molecule has 0 saturated heterocycles. The summed E-state index contributed by atoms with van der Waals surface area (Å²) in [6.07, 6.45) is 6.85. The summed E-state index contributed by atoms with van der Waals surface area (Å²) >= 11 is 0. The Labute approximate surface area is 286 Å². The molecule has 3 N–H and O–H groups in total. The monoisotopic (exact) mass is 686 g/mol. The van der Waals surface area contributed by atoms with E-state index in [9.17, 15) is 23.1 Å². The number of aryl methyl sites for hydroxylation is 1. The van der Waals surface area contributed by atoms with Gasteiger partial charge in [0, 0.05) is 44.4 Å². The van der Waals surface area contributed by atoms with Crippen molar-refractivity contribution in [3.05, 3.63) is 53.6 Å². The molecule has 0 aromatic heterocycles. The van der Waals surface area contributed by atoms with E-state index >= 15 is 0 Å². The minimum atomic E-state index is -3.78. The molecular formula is C36H54N4O7S. The molecule has 4 rings (SSSR count). The van der Waals surface area contributed by atoms with Crippen molar-refractivity contribution in [2.75, 3.05) is 38.7 Å². The van der Waals surface area contributed by atoms with Crippen LogP contribution in [-0.2, 0) is 14.8 Å². The largest absolute Gasteiger partial charge is 0.490 e. The predicted molar refractivity (Wildman–Crippen MR) is 187 cm³/mol. The molecule has 1 heterocycles. The number of anilines is 1. The number of amides is 3. The van der Waals surface area contributed by atoms with Crippen molar-refractivity contribution in [2.45, 2.75) is 108 Å². The van der Waals surface area contributed by atoms with Gasteiger partial charge in [0.15, 0.2) is 0 Å². The zero-order valence-electron chi connectivity index (χ0n) is 29.1. The van der Waals surface area contributed by atoms with E-state index in [0.717, 1.165) is 50.5 Å². The van der Waals surface area contributed by atoms with Crippen LogP contribution >= 0.6 is 0 Å². The predicted octanol–water partition coefficient (Wildman–Crippen LogP) is 5.57. The number of carbonyl (C=O) groups excluding carboxylic acids is 2. The van der Waals surface area contributed by atoms with E-state index in [2.05, 4.69) is 10.6 Å². The van der Waals surface area contributed by atoms with Crippen LogP contribution in [0.1, 0.15) is 88.1 Å². The molecule has 0 radical (unpaired) electrons. The number of benzene rings is 2. The van der Waals surface area contributed by atoms with Crippen molar-refractivity contribution in [2.24, 2.45) is 5.92 Å². The first kappa shape index (κ1) is 37.6. The number of fused-ring (bicyclic) bond motifs is 1. The molecule has 1 fully saturated rings. The molecule has 1 saturated carbocycles. The topological polar surface area (TPSA) is 138 Å². The summed E-state index contributed by atoms with van der Waals surface area (Å²) in [6.45, 7) is 7.99. The van der Waals surface area contributed by atoms with E-state index in [0.29, 0.717) is 18.0 Å². The van der Waals surface area contributed by atoms with Crippen molar-refractivity contribution >= 4 is 27.6 Å². The smallest absolute Gasteiger partial charge is 0.319 e. The Morgan fingerprint density at radius 3 is 2.42 bits per heavy atom. The van der Waals surface area contributed by atoms with Crippen molar-refractivity contribution in [1.29, 1.82) is 0 Å². The highest BCUT2D eigenvalue weighted by atomic mass is 32.2. The molecule has 12 heteroatoms. The summed E-state index contributed by atoms with van der Waals surface area (Å²) in [5.41, 5.74) is 1.70. The number of likely N-dealkylation sites (N-methyl/N-ethyl adjacent to an activating group) is 1. The number of urea groups is 1. The molecule has 0 spiro atoms. The van der Waals surface area contributed by atoms with Crippen LogP contribution in [0.3, 0.4) is 0 Å². The maximum Gasteiger partial charge on any atom is 0.319 e. The van der Waals surface area contributed by atoms with E-state index < -0.39 is 22.2 Å². The van der Waals surface area contributed by atoms with Gasteiger partial charge >= 0.3 is 6.03 Å². The number of aliphatic hydroxyl groups excluding tert-OH is 1. The van der Waals surface area contributed by atoms with Crippen LogP contribution in [0, 0.1) is 12.8 Å². The lowest BCUT2D eigenvalue weighted by molar-refractivity contribution is -0.00833. The van der Waals surface area contributed by atoms with E-state index in [1.807, 2.05) is 20.8 Å². The van der Waals surface area contributed by atoms with E-state index in [1.165, 1.54) is 10.7 Å². The summed E-state index contributed by atoms with van der Waals surface area (Å²) in [5.74, 6) is -0.256. The standard InChI is InChI=1S/C36H54N4O7S/c1-25-14-17-31(18-15-25)48(44,45)39(5)23-34-26(2)22-40(27(3)24-41)35(42)32-21-30(38-36(43)37-29-12-7-6-8-13-29)16-19-33(32)47-28(4)11-9-10-20-46-34/h14-19,21,26-29,34,41H,6-13,20,22-24H2,1-5H3,(H2,37,38,43)/t26-,27-,28+,34+/m1/s1. The quantitative estimate of drug-likeness (QED) is 0.331. The Balaban J connectivity index is 1.60. The number of nitrogens with zero attached hydrogens (tertiary/aromatic N) is 2. The van der Waals surface area contributed by atoms with Gasteiger partial charge in [0.1, 0.15) is 5.75 Å². The highest BCUT2D eigenvalue weighted by molar-refractivity contribution is 7.89. The van der Waals surface area contributed by atoms with Crippen LogP contribution in [0.15, 0.2) is 47.4 Å². The summed E-state index contributed by atoms with van der Waals surface area (Å²) in [6, 6.07) is 11.1. The molecule has 0 bridgehead atoms. The van der Waals surface area contributed by atoms with E-state index in [4.69, 9.17) is 9.47 Å². The summed E-state index contributed by atoms with van der Waals surface area (Å²) < 4.78 is 40.9. The summed E-state index contributed by atoms with van der Waals surface area (Å²) in [4.78, 5) is 29.0. The second-order valence-electron chi connectivity index (χ2n) is 13.5. The average Bonchev–Trinajstić information content (AvgIpc) is 3.06. The molecule has 3 amide bonds. The zero-order valence-corrected chi connectivity index (χ0v) is 29.9. The van der Waals surface area contributed by atoms with Crippen LogP contribution in [0.25, 0.3) is 0 Å². The number of rotatable bonds is 8. The molecule has 11 nitrogen and oxygen atoms in total. The van der Waals surface area contributed by atoms with Crippen LogP contribution < -0.4 is 15.4 Å². The number of aliphatic hydroxyl groups is 1. The molecule has 266 valence electrons. The minimum Gasteiger partial charge on any atom is -0.490 e. The Morgan fingerprint density at radius 2 is 1.73 bits per heavy atom. The Hall–Kier alpha value is -3.19. The molecule has 2 aliphatic rings. The Morgan fingerprint density at radius 1 is 1.04 bits per heavy atom. The van der Waals surface area contributed by atoms with Crippen LogP contribution in [-0.4, -0.2) is 92.3 Å². The summed E-state index contributed by atoms with van der Waals surface area (Å²) in [7, 11) is -2.23. The number of ether oxygens (including phenoxy) is 2. The van der Waals surface area contributed by atoms with E-state index in [1.54, 1.807) is 61.3 Å². The van der Waals surface area contributed by atoms with Crippen LogP contribution in [0.4, 0.5) is 10.5 Å². The lowest BCUT2D eigenvalue weighted by Crippen LogP contribution is -2.48. The number of carbonyl (C=O) groups is 2. The first-order valence-corrected chi connectivity index (χ1v) is 18.8. The zero-order chi connectivity index (χ0) is 34.8. The average molecular weight is 687 g/mol. The van der Waals surface area contributed by atoms with Gasteiger partial charge in [0.2, 0.25) is 10.0 Å². The maximum atomic E-state index is 14.4. The van der Waals surface area contributed by atoms with E-state index in [-0.39, 0.29) is 60.2 Å². The van der Waals surface area contributed by atoms with Crippen molar-refractivity contribution in [1.82, 2.24) is 14.5 Å². The van der Waals surface area contributed by atoms with Gasteiger partial charge in [-0.15, -0.1) is 0 Å². The first-order valence-electron chi connectivity index (χ1n) is 17.3. The van der Waals surface area contributed by atoms with Crippen molar-refractivity contribution < 1.29 is 32.6 Å². The number of hydrogen-bond donors (Lipinski definition) is 3. The lowest BCUT2D eigenvalue weighted by atomic mass is 9.96. The third-order valence-electron chi connectivity index (χ3n) is 9.42. The molecule has 4 atom stereocenters. The molecule has 48 heavy (non-hydrogen) atoms. The lowest BCUT2D eigenvalue weighted by Gasteiger charge is -2.35. The number of sulfonamides is 1. The van der Waals surface area contributed by atoms with Gasteiger partial charge in [0.05, 0.1) is 35.3 Å². The summed E-state index contributed by atoms with van der Waals surface area (Å²) in [5, 5.41) is 16.2. The fraction of sp³-hybridized carbons (Fsp3) is 0.611. The van der Waals surface area contributed by atoms with Crippen molar-refractivity contribution in [3.63, 3.8) is 0 Å². The third kappa shape index (κ3) is 10.2. The molecule has 2 aromatic carbocycles.